The molecule has 2 aromatic carbocycles. The number of carbonyl (C=O) groups is 3. The molecule has 1 unspecified atom stereocenters. The molecule has 1 N–H and O–H groups in total. The highest BCUT2D eigenvalue weighted by Crippen LogP contribution is 2.32. The Morgan fingerprint density at radius 3 is 2.61 bits per heavy atom. The smallest absolute Gasteiger partial charge is 0.340 e. The third kappa shape index (κ3) is 4.01. The molecule has 0 bridgehead atoms. The van der Waals surface area contributed by atoms with Gasteiger partial charge in [-0.05, 0) is 46.3 Å². The van der Waals surface area contributed by atoms with Crippen molar-refractivity contribution in [2.45, 2.75) is 6.42 Å². The second-order valence-electron chi connectivity index (χ2n) is 6.25. The summed E-state index contributed by atoms with van der Waals surface area (Å²) in [5, 5.41) is 2.74. The Morgan fingerprint density at radius 2 is 1.93 bits per heavy atom. The molecular weight excluding hydrogens is 428 g/mol. The molecule has 8 heteroatoms. The van der Waals surface area contributed by atoms with E-state index in [2.05, 4.69) is 21.2 Å². The first-order valence-corrected chi connectivity index (χ1v) is 9.36. The predicted octanol–water partition coefficient (Wildman–Crippen LogP) is 3.24. The summed E-state index contributed by atoms with van der Waals surface area (Å²) in [4.78, 5) is 38.8. The molecule has 1 aliphatic heterocycles. The lowest BCUT2D eigenvalue weighted by Gasteiger charge is -2.18. The maximum absolute atomic E-state index is 12.8. The van der Waals surface area contributed by atoms with E-state index in [4.69, 9.17) is 9.47 Å². The Morgan fingerprint density at radius 1 is 1.18 bits per heavy atom. The van der Waals surface area contributed by atoms with Crippen LogP contribution in [0.25, 0.3) is 0 Å². The first-order valence-electron chi connectivity index (χ1n) is 8.56. The van der Waals surface area contributed by atoms with Crippen molar-refractivity contribution in [1.29, 1.82) is 0 Å². The number of para-hydroxylation sites is 1. The predicted molar refractivity (Wildman–Crippen MR) is 108 cm³/mol. The lowest BCUT2D eigenvalue weighted by atomic mass is 10.1. The SMILES string of the molecule is COC(=O)c1cc(OC)ccc1NC(=O)C1CC(=O)N(c2ccccc2Br)C1. The quantitative estimate of drug-likeness (QED) is 0.712. The minimum Gasteiger partial charge on any atom is -0.497 e. The molecule has 1 atom stereocenters. The summed E-state index contributed by atoms with van der Waals surface area (Å²) < 4.78 is 10.7. The Balaban J connectivity index is 1.78. The molecule has 146 valence electrons. The van der Waals surface area contributed by atoms with Crippen LogP contribution < -0.4 is 15.0 Å². The maximum atomic E-state index is 12.8. The van der Waals surface area contributed by atoms with Crippen LogP contribution in [0.2, 0.25) is 0 Å². The molecule has 0 aromatic heterocycles. The number of amides is 2. The number of hydrogen-bond donors (Lipinski definition) is 1. The van der Waals surface area contributed by atoms with E-state index in [0.29, 0.717) is 11.4 Å². The van der Waals surface area contributed by atoms with Crippen molar-refractivity contribution in [2.24, 2.45) is 5.92 Å². The van der Waals surface area contributed by atoms with Crippen LogP contribution in [0.5, 0.6) is 5.75 Å². The van der Waals surface area contributed by atoms with Crippen LogP contribution in [0.4, 0.5) is 11.4 Å². The normalized spacial score (nSPS) is 16.0. The summed E-state index contributed by atoms with van der Waals surface area (Å²) in [7, 11) is 2.74. The van der Waals surface area contributed by atoms with Crippen LogP contribution in [0.15, 0.2) is 46.9 Å². The summed E-state index contributed by atoms with van der Waals surface area (Å²) >= 11 is 3.43. The summed E-state index contributed by atoms with van der Waals surface area (Å²) in [6, 6.07) is 12.1. The molecule has 2 amide bonds. The molecule has 0 saturated carbocycles. The van der Waals surface area contributed by atoms with Crippen molar-refractivity contribution in [3.8, 4) is 5.75 Å². The molecule has 0 aliphatic carbocycles. The number of nitrogens with zero attached hydrogens (tertiary/aromatic N) is 1. The van der Waals surface area contributed by atoms with Gasteiger partial charge in [-0.3, -0.25) is 9.59 Å². The zero-order valence-corrected chi connectivity index (χ0v) is 17.0. The first-order chi connectivity index (χ1) is 13.4. The number of methoxy groups -OCH3 is 2. The van der Waals surface area contributed by atoms with Crippen LogP contribution in [0.3, 0.4) is 0 Å². The molecule has 1 heterocycles. The van der Waals surface area contributed by atoms with E-state index in [0.717, 1.165) is 10.2 Å². The van der Waals surface area contributed by atoms with Crippen molar-refractivity contribution in [1.82, 2.24) is 0 Å². The standard InChI is InChI=1S/C20H19BrN2O5/c1-27-13-7-8-16(14(10-13)20(26)28-2)22-19(25)12-9-18(24)23(11-12)17-6-4-3-5-15(17)21/h3-8,10,12H,9,11H2,1-2H3,(H,22,25). The third-order valence-electron chi connectivity index (χ3n) is 4.53. The number of hydrogen-bond acceptors (Lipinski definition) is 5. The summed E-state index contributed by atoms with van der Waals surface area (Å²) in [6.07, 6.45) is 0.0941. The molecule has 1 aliphatic rings. The number of nitrogens with one attached hydrogen (secondary N) is 1. The van der Waals surface area contributed by atoms with Crippen molar-refractivity contribution in [3.63, 3.8) is 0 Å². The molecule has 0 spiro atoms. The highest BCUT2D eigenvalue weighted by atomic mass is 79.9. The van der Waals surface area contributed by atoms with Gasteiger partial charge in [-0.2, -0.15) is 0 Å². The van der Waals surface area contributed by atoms with Crippen LogP contribution >= 0.6 is 15.9 Å². The van der Waals surface area contributed by atoms with Crippen molar-refractivity contribution in [2.75, 3.05) is 31.0 Å². The van der Waals surface area contributed by atoms with Gasteiger partial charge in [0, 0.05) is 17.4 Å². The van der Waals surface area contributed by atoms with Crippen LogP contribution in [-0.4, -0.2) is 38.5 Å². The van der Waals surface area contributed by atoms with Gasteiger partial charge in [0.2, 0.25) is 11.8 Å². The van der Waals surface area contributed by atoms with Crippen LogP contribution in [0.1, 0.15) is 16.8 Å². The lowest BCUT2D eigenvalue weighted by Crippen LogP contribution is -2.28. The van der Waals surface area contributed by atoms with Gasteiger partial charge in [-0.1, -0.05) is 12.1 Å². The molecule has 3 rings (SSSR count). The monoisotopic (exact) mass is 446 g/mol. The first kappa shape index (κ1) is 19.9. The largest absolute Gasteiger partial charge is 0.497 e. The average molecular weight is 447 g/mol. The van der Waals surface area contributed by atoms with Gasteiger partial charge in [0.25, 0.3) is 0 Å². The van der Waals surface area contributed by atoms with Gasteiger partial charge >= 0.3 is 5.97 Å². The van der Waals surface area contributed by atoms with E-state index in [-0.39, 0.29) is 30.3 Å². The zero-order valence-electron chi connectivity index (χ0n) is 15.4. The fourth-order valence-electron chi connectivity index (χ4n) is 3.06. The molecule has 7 nitrogen and oxygen atoms in total. The van der Waals surface area contributed by atoms with Crippen molar-refractivity contribution >= 4 is 45.1 Å². The Hall–Kier alpha value is -2.87. The number of ether oxygens (including phenoxy) is 2. The molecule has 1 fully saturated rings. The van der Waals surface area contributed by atoms with Crippen molar-refractivity contribution < 1.29 is 23.9 Å². The van der Waals surface area contributed by atoms with E-state index in [9.17, 15) is 14.4 Å². The lowest BCUT2D eigenvalue weighted by molar-refractivity contribution is -0.122. The van der Waals surface area contributed by atoms with Gasteiger partial charge < -0.3 is 19.7 Å². The van der Waals surface area contributed by atoms with Gasteiger partial charge in [0.15, 0.2) is 0 Å². The topological polar surface area (TPSA) is 84.9 Å². The fourth-order valence-corrected chi connectivity index (χ4v) is 3.56. The molecular formula is C20H19BrN2O5. The van der Waals surface area contributed by atoms with Crippen LogP contribution in [-0.2, 0) is 14.3 Å². The second-order valence-corrected chi connectivity index (χ2v) is 7.10. The molecule has 2 aromatic rings. The number of esters is 1. The number of carbonyl (C=O) groups excluding carboxylic acids is 3. The minimum atomic E-state index is -0.591. The number of rotatable bonds is 5. The van der Waals surface area contributed by atoms with Gasteiger partial charge in [0.05, 0.1) is 37.1 Å². The van der Waals surface area contributed by atoms with Crippen LogP contribution in [0, 0.1) is 5.92 Å². The van der Waals surface area contributed by atoms with E-state index in [1.54, 1.807) is 17.0 Å². The highest BCUT2D eigenvalue weighted by molar-refractivity contribution is 9.10. The third-order valence-corrected chi connectivity index (χ3v) is 5.20. The molecule has 0 radical (unpaired) electrons. The van der Waals surface area contributed by atoms with Gasteiger partial charge in [0.1, 0.15) is 5.75 Å². The summed E-state index contributed by atoms with van der Waals surface area (Å²) in [5.74, 6) is -1.12. The number of benzene rings is 2. The van der Waals surface area contributed by atoms with Crippen molar-refractivity contribution in [3.05, 3.63) is 52.5 Å². The second kappa shape index (κ2) is 8.43. The molecule has 1 saturated heterocycles. The number of anilines is 2. The van der Waals surface area contributed by atoms with E-state index in [1.807, 2.05) is 24.3 Å². The maximum Gasteiger partial charge on any atom is 0.340 e. The molecule has 28 heavy (non-hydrogen) atoms. The summed E-state index contributed by atoms with van der Waals surface area (Å²) in [6.45, 7) is 0.261. The Labute approximate surface area is 170 Å². The van der Waals surface area contributed by atoms with Gasteiger partial charge in [-0.15, -0.1) is 0 Å². The van der Waals surface area contributed by atoms with E-state index in [1.165, 1.54) is 20.3 Å². The van der Waals surface area contributed by atoms with Gasteiger partial charge in [-0.25, -0.2) is 4.79 Å². The Bertz CT molecular complexity index is 931. The fraction of sp³-hybridized carbons (Fsp3) is 0.250. The van der Waals surface area contributed by atoms with E-state index < -0.39 is 11.9 Å². The zero-order chi connectivity index (χ0) is 20.3. The number of halogens is 1. The minimum absolute atomic E-state index is 0.0941. The van der Waals surface area contributed by atoms with E-state index >= 15 is 0 Å². The highest BCUT2D eigenvalue weighted by Gasteiger charge is 2.36. The Kier molecular flexibility index (Phi) is 5.99. The average Bonchev–Trinajstić information content (AvgIpc) is 3.09. The summed E-state index contributed by atoms with van der Waals surface area (Å²) in [5.41, 5.74) is 1.22.